The van der Waals surface area contributed by atoms with Gasteiger partial charge in [0, 0.05) is 31.0 Å². The summed E-state index contributed by atoms with van der Waals surface area (Å²) in [5.41, 5.74) is 0.0102. The van der Waals surface area contributed by atoms with Crippen molar-refractivity contribution in [2.75, 3.05) is 13.1 Å². The highest BCUT2D eigenvalue weighted by molar-refractivity contribution is 6.31. The molecule has 25 heavy (non-hydrogen) atoms. The minimum absolute atomic E-state index is 0.0465. The Bertz CT molecular complexity index is 849. The average molecular weight is 360 g/mol. The Morgan fingerprint density at radius 1 is 1.20 bits per heavy atom. The van der Waals surface area contributed by atoms with Crippen LogP contribution in [-0.4, -0.2) is 35.3 Å². The van der Waals surface area contributed by atoms with Crippen molar-refractivity contribution in [2.45, 2.75) is 31.8 Å². The van der Waals surface area contributed by atoms with E-state index in [-0.39, 0.29) is 11.7 Å². The van der Waals surface area contributed by atoms with Gasteiger partial charge in [-0.05, 0) is 37.3 Å². The third-order valence-electron chi connectivity index (χ3n) is 4.96. The molecule has 1 amide bonds. The molecule has 1 saturated heterocycles. The van der Waals surface area contributed by atoms with E-state index in [9.17, 15) is 9.59 Å². The number of hydrogen-bond donors (Lipinski definition) is 0. The number of ether oxygens (including phenoxy) is 1. The van der Waals surface area contributed by atoms with E-state index in [0.717, 1.165) is 0 Å². The second kappa shape index (κ2) is 5.92. The Kier molecular flexibility index (Phi) is 3.84. The summed E-state index contributed by atoms with van der Waals surface area (Å²) in [7, 11) is 0. The minimum Gasteiger partial charge on any atom is -0.486 e. The first kappa shape index (κ1) is 16.2. The third kappa shape index (κ3) is 2.93. The number of halogens is 1. The molecule has 1 fully saturated rings. The molecule has 3 heterocycles. The molecular weight excluding hydrogens is 342 g/mol. The van der Waals surface area contributed by atoms with Crippen LogP contribution < -0.4 is 4.74 Å². The molecule has 0 bridgehead atoms. The van der Waals surface area contributed by atoms with Crippen molar-refractivity contribution in [3.8, 4) is 5.75 Å². The zero-order chi connectivity index (χ0) is 17.6. The standard InChI is InChI=1S/C19H18ClNO4/c1-12-2-4-17(24-12)18(23)21-8-6-19(7-9-21)11-15(22)14-10-13(20)3-5-16(14)25-19/h2-5,10H,6-9,11H2,1H3. The predicted molar refractivity (Wildman–Crippen MR) is 92.3 cm³/mol. The molecular formula is C19H18ClNO4. The van der Waals surface area contributed by atoms with E-state index in [4.69, 9.17) is 20.8 Å². The van der Waals surface area contributed by atoms with Gasteiger partial charge in [-0.25, -0.2) is 0 Å². The van der Waals surface area contributed by atoms with Crippen LogP contribution in [0.2, 0.25) is 5.02 Å². The molecule has 2 aliphatic heterocycles. The van der Waals surface area contributed by atoms with Crippen molar-refractivity contribution in [3.05, 3.63) is 52.4 Å². The molecule has 0 saturated carbocycles. The molecule has 130 valence electrons. The summed E-state index contributed by atoms with van der Waals surface area (Å²) in [6.07, 6.45) is 1.56. The van der Waals surface area contributed by atoms with E-state index in [1.54, 1.807) is 35.2 Å². The fourth-order valence-corrected chi connectivity index (χ4v) is 3.74. The molecule has 0 radical (unpaired) electrons. The summed E-state index contributed by atoms with van der Waals surface area (Å²) in [4.78, 5) is 26.8. The van der Waals surface area contributed by atoms with E-state index >= 15 is 0 Å². The van der Waals surface area contributed by atoms with Crippen LogP contribution in [0, 0.1) is 6.92 Å². The highest BCUT2D eigenvalue weighted by Gasteiger charge is 2.44. The lowest BCUT2D eigenvalue weighted by molar-refractivity contribution is -0.00644. The largest absolute Gasteiger partial charge is 0.486 e. The summed E-state index contributed by atoms with van der Waals surface area (Å²) in [5, 5.41) is 0.529. The van der Waals surface area contributed by atoms with Crippen molar-refractivity contribution in [3.63, 3.8) is 0 Å². The van der Waals surface area contributed by atoms with E-state index in [2.05, 4.69) is 0 Å². The monoisotopic (exact) mass is 359 g/mol. The lowest BCUT2D eigenvalue weighted by atomic mass is 9.82. The van der Waals surface area contributed by atoms with Gasteiger partial charge in [0.05, 0.1) is 12.0 Å². The van der Waals surface area contributed by atoms with Crippen LogP contribution in [0.3, 0.4) is 0 Å². The third-order valence-corrected chi connectivity index (χ3v) is 5.20. The van der Waals surface area contributed by atoms with Gasteiger partial charge in [-0.3, -0.25) is 9.59 Å². The number of rotatable bonds is 1. The van der Waals surface area contributed by atoms with E-state index in [1.807, 2.05) is 6.92 Å². The topological polar surface area (TPSA) is 59.8 Å². The first-order chi connectivity index (χ1) is 12.0. The van der Waals surface area contributed by atoms with Gasteiger partial charge in [0.15, 0.2) is 11.5 Å². The molecule has 0 aliphatic carbocycles. The van der Waals surface area contributed by atoms with Gasteiger partial charge >= 0.3 is 0 Å². The number of benzene rings is 1. The second-order valence-electron chi connectivity index (χ2n) is 6.73. The van der Waals surface area contributed by atoms with Crippen molar-refractivity contribution in [2.24, 2.45) is 0 Å². The van der Waals surface area contributed by atoms with Crippen LogP contribution in [0.25, 0.3) is 0 Å². The molecule has 1 aromatic heterocycles. The number of fused-ring (bicyclic) bond motifs is 1. The molecule has 1 spiro atoms. The number of likely N-dealkylation sites (tertiary alicyclic amines) is 1. The van der Waals surface area contributed by atoms with Crippen LogP contribution in [0.1, 0.15) is 45.9 Å². The second-order valence-corrected chi connectivity index (χ2v) is 7.16. The fourth-order valence-electron chi connectivity index (χ4n) is 3.57. The Labute approximate surface area is 150 Å². The number of carbonyl (C=O) groups excluding carboxylic acids is 2. The molecule has 0 atom stereocenters. The van der Waals surface area contributed by atoms with Crippen LogP contribution >= 0.6 is 11.6 Å². The first-order valence-electron chi connectivity index (χ1n) is 8.33. The highest BCUT2D eigenvalue weighted by Crippen LogP contribution is 2.40. The molecule has 4 rings (SSSR count). The summed E-state index contributed by atoms with van der Waals surface area (Å²) >= 11 is 5.97. The summed E-state index contributed by atoms with van der Waals surface area (Å²) in [6, 6.07) is 8.61. The minimum atomic E-state index is -0.534. The first-order valence-corrected chi connectivity index (χ1v) is 8.71. The van der Waals surface area contributed by atoms with E-state index in [0.29, 0.717) is 60.2 Å². The van der Waals surface area contributed by atoms with E-state index < -0.39 is 5.60 Å². The Hall–Kier alpha value is -2.27. The predicted octanol–water partition coefficient (Wildman–Crippen LogP) is 3.88. The number of aryl methyl sites for hydroxylation is 1. The normalized spacial score (nSPS) is 18.8. The molecule has 2 aromatic rings. The molecule has 0 unspecified atom stereocenters. The van der Waals surface area contributed by atoms with Gasteiger partial charge in [0.1, 0.15) is 17.1 Å². The fraction of sp³-hybridized carbons (Fsp3) is 0.368. The number of carbonyl (C=O) groups is 2. The summed E-state index contributed by atoms with van der Waals surface area (Å²) < 4.78 is 11.6. The smallest absolute Gasteiger partial charge is 0.289 e. The SMILES string of the molecule is Cc1ccc(C(=O)N2CCC3(CC2)CC(=O)c2cc(Cl)ccc2O3)o1. The van der Waals surface area contributed by atoms with Crippen molar-refractivity contribution >= 4 is 23.3 Å². The van der Waals surface area contributed by atoms with Gasteiger partial charge in [0.2, 0.25) is 0 Å². The number of Topliss-reactive ketones (excluding diaryl/α,β-unsaturated/α-hetero) is 1. The quantitative estimate of drug-likeness (QED) is 0.775. The van der Waals surface area contributed by atoms with Gasteiger partial charge in [-0.2, -0.15) is 0 Å². The molecule has 1 aromatic carbocycles. The molecule has 2 aliphatic rings. The van der Waals surface area contributed by atoms with Crippen LogP contribution in [-0.2, 0) is 0 Å². The van der Waals surface area contributed by atoms with Gasteiger partial charge in [0.25, 0.3) is 5.91 Å². The number of furan rings is 1. The van der Waals surface area contributed by atoms with Gasteiger partial charge in [-0.15, -0.1) is 0 Å². The highest BCUT2D eigenvalue weighted by atomic mass is 35.5. The Balaban J connectivity index is 1.49. The zero-order valence-electron chi connectivity index (χ0n) is 13.9. The van der Waals surface area contributed by atoms with Gasteiger partial charge in [-0.1, -0.05) is 11.6 Å². The maximum Gasteiger partial charge on any atom is 0.289 e. The van der Waals surface area contributed by atoms with Crippen LogP contribution in [0.4, 0.5) is 0 Å². The van der Waals surface area contributed by atoms with Crippen molar-refractivity contribution in [1.29, 1.82) is 0 Å². The number of ketones is 1. The van der Waals surface area contributed by atoms with Gasteiger partial charge < -0.3 is 14.1 Å². The van der Waals surface area contributed by atoms with Crippen molar-refractivity contribution in [1.82, 2.24) is 4.90 Å². The Morgan fingerprint density at radius 3 is 2.64 bits per heavy atom. The molecule has 0 N–H and O–H groups in total. The number of hydrogen-bond acceptors (Lipinski definition) is 4. The Morgan fingerprint density at radius 2 is 1.96 bits per heavy atom. The van der Waals surface area contributed by atoms with Crippen LogP contribution in [0.15, 0.2) is 34.7 Å². The molecule has 6 heteroatoms. The zero-order valence-corrected chi connectivity index (χ0v) is 14.6. The number of amides is 1. The van der Waals surface area contributed by atoms with E-state index in [1.165, 1.54) is 0 Å². The number of nitrogens with zero attached hydrogens (tertiary/aromatic N) is 1. The maximum atomic E-state index is 12.5. The lowest BCUT2D eigenvalue weighted by Gasteiger charge is -2.43. The summed E-state index contributed by atoms with van der Waals surface area (Å²) in [5.74, 6) is 1.59. The lowest BCUT2D eigenvalue weighted by Crippen LogP contribution is -2.52. The summed E-state index contributed by atoms with van der Waals surface area (Å²) in [6.45, 7) is 2.89. The van der Waals surface area contributed by atoms with Crippen molar-refractivity contribution < 1.29 is 18.7 Å². The van der Waals surface area contributed by atoms with Crippen LogP contribution in [0.5, 0.6) is 5.75 Å². The molecule has 5 nitrogen and oxygen atoms in total. The maximum absolute atomic E-state index is 12.5. The number of piperidine rings is 1. The average Bonchev–Trinajstić information content (AvgIpc) is 3.02.